The van der Waals surface area contributed by atoms with E-state index in [4.69, 9.17) is 6.42 Å². The maximum atomic E-state index is 5.58. The van der Waals surface area contributed by atoms with Crippen molar-refractivity contribution in [3.8, 4) is 12.3 Å². The molecule has 0 saturated heterocycles. The average Bonchev–Trinajstić information content (AvgIpc) is 2.51. The highest BCUT2D eigenvalue weighted by atomic mass is 15.1. The lowest BCUT2D eigenvalue weighted by molar-refractivity contribution is 0.341. The number of rotatable bonds is 5. The fourth-order valence-corrected chi connectivity index (χ4v) is 2.51. The van der Waals surface area contributed by atoms with Crippen LogP contribution in [-0.4, -0.2) is 24.8 Å². The van der Waals surface area contributed by atoms with Crippen LogP contribution in [0.25, 0.3) is 0 Å². The molecule has 0 heterocycles. The summed E-state index contributed by atoms with van der Waals surface area (Å²) in [6, 6.07) is 6.57. The lowest BCUT2D eigenvalue weighted by Gasteiger charge is -2.34. The molecule has 0 fully saturated rings. The summed E-state index contributed by atoms with van der Waals surface area (Å²) in [7, 11) is 3.84. The smallest absolute Gasteiger partial charge is 0.180 e. The number of aliphatic imine (C=N–C) groups is 1. The topological polar surface area (TPSA) is 15.6 Å². The predicted octanol–water partition coefficient (Wildman–Crippen LogP) is 5.10. The van der Waals surface area contributed by atoms with Crippen LogP contribution in [0.2, 0.25) is 0 Å². The minimum Gasteiger partial charge on any atom is -0.356 e. The summed E-state index contributed by atoms with van der Waals surface area (Å²) in [5.41, 5.74) is 3.49. The standard InChI is InChI=1S/C21H30N2/c1-9-11-14-21(6,16(3)4)18-13-12-17(5)19(15-18)22-20(10-2)23(7)8/h2,9,11-13,15-16H,14H2,1,3-8H3/b11-9-,22-20+. The number of allylic oxidation sites excluding steroid dienone is 2. The summed E-state index contributed by atoms with van der Waals surface area (Å²) in [6.45, 7) is 11.0. The van der Waals surface area contributed by atoms with E-state index >= 15 is 0 Å². The van der Waals surface area contributed by atoms with E-state index in [0.29, 0.717) is 11.8 Å². The quantitative estimate of drug-likeness (QED) is 0.320. The van der Waals surface area contributed by atoms with Gasteiger partial charge in [0.25, 0.3) is 0 Å². The van der Waals surface area contributed by atoms with Crippen molar-refractivity contribution >= 4 is 11.5 Å². The van der Waals surface area contributed by atoms with E-state index in [1.165, 1.54) is 5.56 Å². The molecule has 0 aliphatic rings. The Balaban J connectivity index is 3.41. The largest absolute Gasteiger partial charge is 0.356 e. The van der Waals surface area contributed by atoms with Gasteiger partial charge in [-0.3, -0.25) is 0 Å². The molecule has 0 amide bonds. The molecule has 1 atom stereocenters. The maximum Gasteiger partial charge on any atom is 0.180 e. The van der Waals surface area contributed by atoms with Gasteiger partial charge in [-0.2, -0.15) is 0 Å². The number of aryl methyl sites for hydroxylation is 1. The van der Waals surface area contributed by atoms with Crippen molar-refractivity contribution in [1.82, 2.24) is 4.90 Å². The Labute approximate surface area is 142 Å². The molecule has 0 radical (unpaired) electrons. The lowest BCUT2D eigenvalue weighted by atomic mass is 9.70. The normalized spacial score (nSPS) is 14.8. The van der Waals surface area contributed by atoms with Gasteiger partial charge < -0.3 is 4.90 Å². The number of nitrogens with zero attached hydrogens (tertiary/aromatic N) is 2. The summed E-state index contributed by atoms with van der Waals surface area (Å²) in [5, 5.41) is 0. The monoisotopic (exact) mass is 310 g/mol. The molecule has 0 aliphatic heterocycles. The Morgan fingerprint density at radius 1 is 1.39 bits per heavy atom. The second kappa shape index (κ2) is 8.02. The third-order valence-electron chi connectivity index (χ3n) is 4.70. The first-order valence-corrected chi connectivity index (χ1v) is 8.21. The summed E-state index contributed by atoms with van der Waals surface area (Å²) < 4.78 is 0. The molecule has 2 nitrogen and oxygen atoms in total. The van der Waals surface area contributed by atoms with E-state index in [1.54, 1.807) is 0 Å². The molecular formula is C21H30N2. The van der Waals surface area contributed by atoms with Gasteiger partial charge in [0.05, 0.1) is 5.69 Å². The summed E-state index contributed by atoms with van der Waals surface area (Å²) >= 11 is 0. The van der Waals surface area contributed by atoms with Gasteiger partial charge >= 0.3 is 0 Å². The van der Waals surface area contributed by atoms with E-state index in [9.17, 15) is 0 Å². The minimum absolute atomic E-state index is 0.0822. The molecule has 0 aliphatic carbocycles. The second-order valence-electron chi connectivity index (χ2n) is 6.82. The zero-order valence-corrected chi connectivity index (χ0v) is 15.6. The average molecular weight is 310 g/mol. The van der Waals surface area contributed by atoms with Crippen LogP contribution < -0.4 is 0 Å². The van der Waals surface area contributed by atoms with Gasteiger partial charge in [-0.15, -0.1) is 6.42 Å². The van der Waals surface area contributed by atoms with E-state index in [-0.39, 0.29) is 5.41 Å². The van der Waals surface area contributed by atoms with Gasteiger partial charge in [0.2, 0.25) is 0 Å². The van der Waals surface area contributed by atoms with Gasteiger partial charge in [0.15, 0.2) is 5.84 Å². The number of hydrogen-bond donors (Lipinski definition) is 0. The molecule has 23 heavy (non-hydrogen) atoms. The van der Waals surface area contributed by atoms with Crippen LogP contribution >= 0.6 is 0 Å². The molecule has 0 aromatic heterocycles. The van der Waals surface area contributed by atoms with Crippen LogP contribution in [0, 0.1) is 25.2 Å². The van der Waals surface area contributed by atoms with E-state index < -0.39 is 0 Å². The molecule has 1 rings (SSSR count). The highest BCUT2D eigenvalue weighted by Gasteiger charge is 2.29. The van der Waals surface area contributed by atoms with Gasteiger partial charge in [0.1, 0.15) is 0 Å². The van der Waals surface area contributed by atoms with Crippen molar-refractivity contribution in [2.75, 3.05) is 14.1 Å². The van der Waals surface area contributed by atoms with Crippen LogP contribution in [0.1, 0.15) is 45.2 Å². The van der Waals surface area contributed by atoms with E-state index in [1.807, 2.05) is 19.0 Å². The first-order chi connectivity index (χ1) is 10.8. The summed E-state index contributed by atoms with van der Waals surface area (Å²) in [5.74, 6) is 3.83. The van der Waals surface area contributed by atoms with Crippen molar-refractivity contribution in [3.63, 3.8) is 0 Å². The molecule has 0 bridgehead atoms. The molecule has 0 saturated carbocycles. The molecule has 124 valence electrons. The van der Waals surface area contributed by atoms with Crippen molar-refractivity contribution < 1.29 is 0 Å². The molecule has 0 spiro atoms. The zero-order valence-electron chi connectivity index (χ0n) is 15.6. The van der Waals surface area contributed by atoms with Crippen molar-refractivity contribution in [2.24, 2.45) is 10.9 Å². The number of amidine groups is 1. The van der Waals surface area contributed by atoms with Crippen LogP contribution in [0.3, 0.4) is 0 Å². The highest BCUT2D eigenvalue weighted by molar-refractivity contribution is 5.99. The molecule has 1 aromatic rings. The number of hydrogen-bond acceptors (Lipinski definition) is 1. The van der Waals surface area contributed by atoms with Crippen molar-refractivity contribution in [3.05, 3.63) is 41.5 Å². The van der Waals surface area contributed by atoms with Crippen LogP contribution in [0.5, 0.6) is 0 Å². The fraction of sp³-hybridized carbons (Fsp3) is 0.476. The Hall–Kier alpha value is -2.01. The molecule has 0 N–H and O–H groups in total. The van der Waals surface area contributed by atoms with Gasteiger partial charge in [-0.05, 0) is 54.7 Å². The Kier molecular flexibility index (Phi) is 6.63. The van der Waals surface area contributed by atoms with Crippen molar-refractivity contribution in [1.29, 1.82) is 0 Å². The number of terminal acetylenes is 1. The zero-order chi connectivity index (χ0) is 17.6. The van der Waals surface area contributed by atoms with E-state index in [0.717, 1.165) is 17.7 Å². The molecule has 1 aromatic carbocycles. The molecule has 2 heteroatoms. The molecular weight excluding hydrogens is 280 g/mol. The fourth-order valence-electron chi connectivity index (χ4n) is 2.51. The van der Waals surface area contributed by atoms with Gasteiger partial charge in [-0.25, -0.2) is 4.99 Å². The minimum atomic E-state index is 0.0822. The number of benzene rings is 1. The van der Waals surface area contributed by atoms with Gasteiger partial charge in [-0.1, -0.05) is 45.1 Å². The van der Waals surface area contributed by atoms with Crippen molar-refractivity contribution in [2.45, 2.75) is 46.5 Å². The predicted molar refractivity (Wildman–Crippen MR) is 102 cm³/mol. The summed E-state index contributed by atoms with van der Waals surface area (Å²) in [6.07, 6.45) is 11.0. The third-order valence-corrected chi connectivity index (χ3v) is 4.70. The Morgan fingerprint density at radius 2 is 2.04 bits per heavy atom. The van der Waals surface area contributed by atoms with Crippen LogP contribution in [0.4, 0.5) is 5.69 Å². The lowest BCUT2D eigenvalue weighted by Crippen LogP contribution is -2.28. The second-order valence-corrected chi connectivity index (χ2v) is 6.82. The first kappa shape index (κ1) is 19.0. The van der Waals surface area contributed by atoms with Crippen LogP contribution in [0.15, 0.2) is 35.3 Å². The van der Waals surface area contributed by atoms with Crippen LogP contribution in [-0.2, 0) is 5.41 Å². The van der Waals surface area contributed by atoms with Gasteiger partial charge in [0, 0.05) is 14.1 Å². The molecule has 1 unspecified atom stereocenters. The SMILES string of the molecule is C#C/C(=N\c1cc(C(C)(C/C=C\C)C(C)C)ccc1C)N(C)C. The third kappa shape index (κ3) is 4.48. The Morgan fingerprint density at radius 3 is 2.52 bits per heavy atom. The van der Waals surface area contributed by atoms with E-state index in [2.05, 4.69) is 75.9 Å². The Bertz CT molecular complexity index is 630. The maximum absolute atomic E-state index is 5.58. The summed E-state index contributed by atoms with van der Waals surface area (Å²) in [4.78, 5) is 6.55. The first-order valence-electron chi connectivity index (χ1n) is 8.21. The highest BCUT2D eigenvalue weighted by Crippen LogP contribution is 2.38.